The molecule has 0 N–H and O–H groups in total. The van der Waals surface area contributed by atoms with Crippen LogP contribution in [0.4, 0.5) is 34.1 Å². The molecule has 0 saturated carbocycles. The van der Waals surface area contributed by atoms with E-state index in [2.05, 4.69) is 188 Å². The fourth-order valence-corrected chi connectivity index (χ4v) is 10.0. The topological polar surface area (TPSA) is 46.4 Å². The first-order valence-corrected chi connectivity index (χ1v) is 20.9. The normalized spacial score (nSPS) is 12.5. The standard InChI is InChI=1S/C54H42BN5O.Pt/c1-33-27-35(3)52(36(4)28-33)59-45-24-22-39(54-57-44-17-10-11-18-47(44)58(54)40-15-8-7-9-16-40)31-42(45)55-43-32-41(61-50-21-12-13-26-56-50)23-25-46(43)60(49-20-14-19-48(59)51(49)55)53-37(5)29-34(2)30-38(53)6;/h7-30H,1-6H3;/q-2;+2. The van der Waals surface area contributed by atoms with E-state index in [9.17, 15) is 0 Å². The number of anilines is 6. The molecule has 0 amide bonds. The Morgan fingerprint density at radius 1 is 0.548 bits per heavy atom. The van der Waals surface area contributed by atoms with Crippen molar-refractivity contribution in [2.45, 2.75) is 41.5 Å². The molecule has 2 aromatic heterocycles. The number of imidazole rings is 1. The van der Waals surface area contributed by atoms with E-state index < -0.39 is 0 Å². The van der Waals surface area contributed by atoms with E-state index in [-0.39, 0.29) is 27.8 Å². The molecule has 4 heterocycles. The minimum Gasteiger partial charge on any atom is -0.466 e. The van der Waals surface area contributed by atoms with Crippen LogP contribution in [0.15, 0.2) is 146 Å². The molecule has 0 fully saturated rings. The molecule has 2 aliphatic heterocycles. The van der Waals surface area contributed by atoms with Crippen molar-refractivity contribution in [2.75, 3.05) is 9.80 Å². The quantitative estimate of drug-likeness (QED) is 0.123. The first-order chi connectivity index (χ1) is 29.7. The molecule has 0 radical (unpaired) electrons. The van der Waals surface area contributed by atoms with Crippen molar-refractivity contribution >= 4 is 68.3 Å². The summed E-state index contributed by atoms with van der Waals surface area (Å²) < 4.78 is 8.73. The van der Waals surface area contributed by atoms with Crippen LogP contribution in [0.2, 0.25) is 0 Å². The zero-order valence-corrected chi connectivity index (χ0v) is 37.7. The molecular weight excluding hydrogens is 941 g/mol. The zero-order valence-electron chi connectivity index (χ0n) is 35.4. The molecule has 11 rings (SSSR count). The minimum atomic E-state index is -0.248. The monoisotopic (exact) mass is 982 g/mol. The van der Waals surface area contributed by atoms with Gasteiger partial charge >= 0.3 is 21.1 Å². The van der Waals surface area contributed by atoms with Crippen molar-refractivity contribution in [1.29, 1.82) is 0 Å². The van der Waals surface area contributed by atoms with E-state index in [0.717, 1.165) is 61.8 Å². The van der Waals surface area contributed by atoms with Crippen molar-refractivity contribution in [3.63, 3.8) is 0 Å². The van der Waals surface area contributed by atoms with Gasteiger partial charge in [-0.15, -0.1) is 47.4 Å². The summed E-state index contributed by atoms with van der Waals surface area (Å²) in [5.74, 6) is 1.96. The van der Waals surface area contributed by atoms with Gasteiger partial charge in [0, 0.05) is 46.4 Å². The Labute approximate surface area is 377 Å². The maximum atomic E-state index is 6.47. The van der Waals surface area contributed by atoms with Gasteiger partial charge in [0.1, 0.15) is 0 Å². The third-order valence-electron chi connectivity index (χ3n) is 12.2. The summed E-state index contributed by atoms with van der Waals surface area (Å²) in [5.41, 5.74) is 21.2. The molecular formula is C54H42BN5OPt. The van der Waals surface area contributed by atoms with Gasteiger partial charge in [-0.05, 0) is 117 Å². The van der Waals surface area contributed by atoms with Crippen molar-refractivity contribution < 1.29 is 25.8 Å². The first-order valence-electron chi connectivity index (χ1n) is 20.9. The van der Waals surface area contributed by atoms with Gasteiger partial charge in [-0.1, -0.05) is 83.5 Å². The predicted octanol–water partition coefficient (Wildman–Crippen LogP) is 11.4. The number of fused-ring (bicyclic) bond motifs is 5. The summed E-state index contributed by atoms with van der Waals surface area (Å²) >= 11 is 0. The molecule has 8 heteroatoms. The molecule has 2 aliphatic rings. The Balaban J connectivity index is 0.00000458. The molecule has 302 valence electrons. The van der Waals surface area contributed by atoms with Crippen LogP contribution in [-0.4, -0.2) is 21.2 Å². The molecule has 62 heavy (non-hydrogen) atoms. The average molecular weight is 983 g/mol. The van der Waals surface area contributed by atoms with Crippen LogP contribution in [0.5, 0.6) is 11.6 Å². The number of aryl methyl sites for hydroxylation is 6. The number of hydrogen-bond acceptors (Lipinski definition) is 5. The fourth-order valence-electron chi connectivity index (χ4n) is 10.0. The third kappa shape index (κ3) is 6.29. The van der Waals surface area contributed by atoms with E-state index in [1.807, 2.05) is 24.3 Å². The van der Waals surface area contributed by atoms with Gasteiger partial charge in [-0.3, -0.25) is 4.98 Å². The SMILES string of the molecule is Cc1cc(C)c(N2c3ccc(Oc4ccccn4)[c-]c3B3c4[c-]c(-c5nc6ccccc6n5-c5ccccc5)ccc4N(c4c(C)cc(C)cc4C)c4cccc2c43)c(C)c1.[Pt+2]. The van der Waals surface area contributed by atoms with E-state index in [4.69, 9.17) is 9.72 Å². The molecule has 0 atom stereocenters. The van der Waals surface area contributed by atoms with Gasteiger partial charge in [0.05, 0.1) is 16.9 Å². The van der Waals surface area contributed by atoms with Crippen LogP contribution in [-0.2, 0) is 21.1 Å². The fraction of sp³-hybridized carbons (Fsp3) is 0.111. The molecule has 6 nitrogen and oxygen atoms in total. The Morgan fingerprint density at radius 2 is 1.13 bits per heavy atom. The first kappa shape index (κ1) is 39.4. The van der Waals surface area contributed by atoms with Crippen LogP contribution in [0.1, 0.15) is 33.4 Å². The van der Waals surface area contributed by atoms with Gasteiger partial charge in [-0.2, -0.15) is 5.46 Å². The summed E-state index contributed by atoms with van der Waals surface area (Å²) in [6.07, 6.45) is 1.75. The van der Waals surface area contributed by atoms with Gasteiger partial charge in [-0.25, -0.2) is 4.98 Å². The van der Waals surface area contributed by atoms with Crippen LogP contribution in [0.25, 0.3) is 28.1 Å². The third-order valence-corrected chi connectivity index (χ3v) is 12.2. The Morgan fingerprint density at radius 3 is 1.76 bits per heavy atom. The summed E-state index contributed by atoms with van der Waals surface area (Å²) in [6, 6.07) is 57.1. The van der Waals surface area contributed by atoms with Gasteiger partial charge in [0.2, 0.25) is 12.6 Å². The number of para-hydroxylation sites is 3. The molecule has 0 unspecified atom stereocenters. The average Bonchev–Trinajstić information content (AvgIpc) is 3.65. The maximum Gasteiger partial charge on any atom is 2.00 e. The van der Waals surface area contributed by atoms with Gasteiger partial charge in [0.25, 0.3) is 0 Å². The van der Waals surface area contributed by atoms with Crippen LogP contribution >= 0.6 is 0 Å². The Bertz CT molecular complexity index is 3160. The number of ether oxygens (including phenoxy) is 1. The second-order valence-corrected chi connectivity index (χ2v) is 16.5. The summed E-state index contributed by atoms with van der Waals surface area (Å²) in [6.45, 7) is 13.0. The van der Waals surface area contributed by atoms with Crippen molar-refractivity contribution in [3.8, 4) is 28.7 Å². The minimum absolute atomic E-state index is 0. The largest absolute Gasteiger partial charge is 2.00 e. The molecule has 0 spiro atoms. The second kappa shape index (κ2) is 15.3. The Hall–Kier alpha value is -6.69. The number of pyridine rings is 1. The Kier molecular flexibility index (Phi) is 9.76. The molecule has 7 aromatic carbocycles. The molecule has 9 aromatic rings. The number of hydrogen-bond donors (Lipinski definition) is 0. The smallest absolute Gasteiger partial charge is 0.466 e. The summed E-state index contributed by atoms with van der Waals surface area (Å²) in [5, 5.41) is 0. The summed E-state index contributed by atoms with van der Waals surface area (Å²) in [4.78, 5) is 14.7. The number of benzene rings is 7. The second-order valence-electron chi connectivity index (χ2n) is 16.5. The molecule has 0 aliphatic carbocycles. The van der Waals surface area contributed by atoms with E-state index in [1.165, 1.54) is 50.2 Å². The zero-order chi connectivity index (χ0) is 41.5. The van der Waals surface area contributed by atoms with Crippen molar-refractivity contribution in [1.82, 2.24) is 14.5 Å². The molecule has 0 saturated heterocycles. The number of rotatable bonds is 6. The van der Waals surface area contributed by atoms with E-state index in [1.54, 1.807) is 6.20 Å². The van der Waals surface area contributed by atoms with E-state index in [0.29, 0.717) is 11.6 Å². The van der Waals surface area contributed by atoms with Gasteiger partial charge in [0.15, 0.2) is 0 Å². The van der Waals surface area contributed by atoms with Crippen molar-refractivity contribution in [3.05, 3.63) is 191 Å². The maximum absolute atomic E-state index is 6.47. The number of aromatic nitrogens is 3. The van der Waals surface area contributed by atoms with Gasteiger partial charge < -0.3 is 19.1 Å². The molecule has 0 bridgehead atoms. The van der Waals surface area contributed by atoms with E-state index >= 15 is 0 Å². The van der Waals surface area contributed by atoms with Crippen LogP contribution in [0.3, 0.4) is 0 Å². The summed E-state index contributed by atoms with van der Waals surface area (Å²) in [7, 11) is 0. The van der Waals surface area contributed by atoms with Crippen molar-refractivity contribution in [2.24, 2.45) is 0 Å². The van der Waals surface area contributed by atoms with Crippen LogP contribution in [0, 0.1) is 53.7 Å². The predicted molar refractivity (Wildman–Crippen MR) is 251 cm³/mol. The number of nitrogens with zero attached hydrogens (tertiary/aromatic N) is 5. The van der Waals surface area contributed by atoms with Crippen LogP contribution < -0.4 is 30.9 Å².